The van der Waals surface area contributed by atoms with Gasteiger partial charge in [-0.05, 0) is 85.5 Å². The van der Waals surface area contributed by atoms with E-state index in [4.69, 9.17) is 4.74 Å². The second-order valence-corrected chi connectivity index (χ2v) is 10.8. The molecular formula is C35H38FN3O3. The third kappa shape index (κ3) is 6.10. The Morgan fingerprint density at radius 3 is 2.10 bits per heavy atom. The smallest absolute Gasteiger partial charge is 0.255 e. The van der Waals surface area contributed by atoms with Crippen LogP contribution in [0.15, 0.2) is 78.9 Å². The van der Waals surface area contributed by atoms with Gasteiger partial charge in [0.25, 0.3) is 11.8 Å². The molecule has 7 heteroatoms. The summed E-state index contributed by atoms with van der Waals surface area (Å²) in [5, 5.41) is 0. The summed E-state index contributed by atoms with van der Waals surface area (Å²) in [4.78, 5) is 30.6. The van der Waals surface area contributed by atoms with E-state index in [1.807, 2.05) is 66.4 Å². The van der Waals surface area contributed by atoms with Crippen LogP contribution < -0.4 is 4.74 Å². The molecule has 0 saturated carbocycles. The van der Waals surface area contributed by atoms with Crippen LogP contribution in [0.2, 0.25) is 0 Å². The first kappa shape index (κ1) is 29.1. The fourth-order valence-electron chi connectivity index (χ4n) is 5.60. The van der Waals surface area contributed by atoms with Gasteiger partial charge in [-0.15, -0.1) is 0 Å². The van der Waals surface area contributed by atoms with Gasteiger partial charge in [0, 0.05) is 37.4 Å². The molecule has 1 aliphatic heterocycles. The van der Waals surface area contributed by atoms with Crippen LogP contribution in [0.4, 0.5) is 4.39 Å². The number of unbranched alkanes of at least 4 members (excludes halogenated alkanes) is 2. The predicted octanol–water partition coefficient (Wildman–Crippen LogP) is 6.93. The van der Waals surface area contributed by atoms with E-state index in [-0.39, 0.29) is 17.6 Å². The lowest BCUT2D eigenvalue weighted by Crippen LogP contribution is -2.50. The normalized spacial score (nSPS) is 13.3. The van der Waals surface area contributed by atoms with Crippen molar-refractivity contribution in [3.63, 3.8) is 0 Å². The molecule has 0 bridgehead atoms. The Morgan fingerprint density at radius 2 is 1.48 bits per heavy atom. The monoisotopic (exact) mass is 567 g/mol. The quantitative estimate of drug-likeness (QED) is 0.206. The van der Waals surface area contributed by atoms with Crippen molar-refractivity contribution in [1.82, 2.24) is 14.4 Å². The minimum Gasteiger partial charge on any atom is -0.497 e. The molecule has 1 aliphatic rings. The van der Waals surface area contributed by atoms with Crippen LogP contribution in [0.3, 0.4) is 0 Å². The highest BCUT2D eigenvalue weighted by atomic mass is 19.1. The van der Waals surface area contributed by atoms with E-state index in [9.17, 15) is 9.59 Å². The molecule has 1 aromatic heterocycles. The van der Waals surface area contributed by atoms with E-state index in [0.717, 1.165) is 24.1 Å². The van der Waals surface area contributed by atoms with Crippen LogP contribution in [0.1, 0.15) is 58.2 Å². The molecule has 0 unspecified atom stereocenters. The van der Waals surface area contributed by atoms with Crippen molar-refractivity contribution in [2.24, 2.45) is 0 Å². The molecule has 6 nitrogen and oxygen atoms in total. The number of hydrogen-bond donors (Lipinski definition) is 0. The lowest BCUT2D eigenvalue weighted by atomic mass is 10.0. The standard InChI is InChI=1S/C35H38FN3O3/c1-4-5-6-9-26-12-14-28(15-13-26)34(40)37-20-22-38(23-21-37)35(41)30-24-33(27-16-18-29(42-3)19-17-27)39(25(30)2)32-11-8-7-10-31(32)36/h7-8,10-19,24H,4-6,9,20-23H2,1-3H3. The molecule has 3 aromatic carbocycles. The van der Waals surface area contributed by atoms with Crippen molar-refractivity contribution in [3.05, 3.63) is 107 Å². The molecule has 0 radical (unpaired) electrons. The average molecular weight is 568 g/mol. The van der Waals surface area contributed by atoms with E-state index >= 15 is 4.39 Å². The molecule has 2 amide bonds. The number of carbonyl (C=O) groups is 2. The fraction of sp³-hybridized carbons (Fsp3) is 0.314. The SMILES string of the molecule is CCCCCc1ccc(C(=O)N2CCN(C(=O)c3cc(-c4ccc(OC)cc4)n(-c4ccccc4F)c3C)CC2)cc1. The van der Waals surface area contributed by atoms with Gasteiger partial charge in [0.1, 0.15) is 11.6 Å². The molecule has 4 aromatic rings. The van der Waals surface area contributed by atoms with Gasteiger partial charge in [0.2, 0.25) is 0 Å². The number of methoxy groups -OCH3 is 1. The number of nitrogens with zero attached hydrogens (tertiary/aromatic N) is 3. The number of aromatic nitrogens is 1. The van der Waals surface area contributed by atoms with Crippen molar-refractivity contribution in [1.29, 1.82) is 0 Å². The number of piperazine rings is 1. The number of aryl methyl sites for hydroxylation is 1. The lowest BCUT2D eigenvalue weighted by molar-refractivity contribution is 0.0535. The third-order valence-corrected chi connectivity index (χ3v) is 8.08. The number of carbonyl (C=O) groups excluding carboxylic acids is 2. The maximum atomic E-state index is 15.0. The molecular weight excluding hydrogens is 529 g/mol. The largest absolute Gasteiger partial charge is 0.497 e. The Balaban J connectivity index is 1.33. The number of benzene rings is 3. The minimum absolute atomic E-state index is 0.00844. The maximum Gasteiger partial charge on any atom is 0.255 e. The Hall–Kier alpha value is -4.39. The Kier molecular flexibility index (Phi) is 9.06. The Morgan fingerprint density at radius 1 is 0.833 bits per heavy atom. The topological polar surface area (TPSA) is 54.8 Å². The minimum atomic E-state index is -0.369. The molecule has 218 valence electrons. The molecule has 0 spiro atoms. The Bertz CT molecular complexity index is 1530. The van der Waals surface area contributed by atoms with Gasteiger partial charge in [-0.25, -0.2) is 4.39 Å². The number of amides is 2. The predicted molar refractivity (Wildman–Crippen MR) is 164 cm³/mol. The number of rotatable bonds is 9. The highest BCUT2D eigenvalue weighted by Gasteiger charge is 2.29. The molecule has 5 rings (SSSR count). The molecule has 0 atom stereocenters. The van der Waals surface area contributed by atoms with E-state index in [1.54, 1.807) is 34.8 Å². The zero-order valence-corrected chi connectivity index (χ0v) is 24.6. The molecule has 1 saturated heterocycles. The van der Waals surface area contributed by atoms with Crippen molar-refractivity contribution >= 4 is 11.8 Å². The summed E-state index contributed by atoms with van der Waals surface area (Å²) in [5.74, 6) is 0.212. The first-order chi connectivity index (χ1) is 20.4. The molecule has 1 fully saturated rings. The van der Waals surface area contributed by atoms with Gasteiger partial charge in [-0.3, -0.25) is 9.59 Å². The van der Waals surface area contributed by atoms with E-state index in [1.165, 1.54) is 24.5 Å². The van der Waals surface area contributed by atoms with Crippen LogP contribution in [0.5, 0.6) is 5.75 Å². The van der Waals surface area contributed by atoms with E-state index in [2.05, 4.69) is 6.92 Å². The zero-order chi connectivity index (χ0) is 29.6. The summed E-state index contributed by atoms with van der Waals surface area (Å²) in [7, 11) is 1.61. The van der Waals surface area contributed by atoms with Crippen molar-refractivity contribution in [3.8, 4) is 22.7 Å². The molecule has 0 N–H and O–H groups in total. The number of halogens is 1. The highest BCUT2D eigenvalue weighted by Crippen LogP contribution is 2.32. The van der Waals surface area contributed by atoms with Crippen LogP contribution >= 0.6 is 0 Å². The van der Waals surface area contributed by atoms with Crippen LogP contribution in [0, 0.1) is 12.7 Å². The van der Waals surface area contributed by atoms with Gasteiger partial charge >= 0.3 is 0 Å². The zero-order valence-electron chi connectivity index (χ0n) is 24.6. The van der Waals surface area contributed by atoms with Crippen molar-refractivity contribution < 1.29 is 18.7 Å². The molecule has 0 aliphatic carbocycles. The average Bonchev–Trinajstić information content (AvgIpc) is 3.37. The van der Waals surface area contributed by atoms with Crippen molar-refractivity contribution in [2.45, 2.75) is 39.5 Å². The second kappa shape index (κ2) is 13.1. The summed E-state index contributed by atoms with van der Waals surface area (Å²) in [6.45, 7) is 5.82. The third-order valence-electron chi connectivity index (χ3n) is 8.08. The highest BCUT2D eigenvalue weighted by molar-refractivity contribution is 5.98. The van der Waals surface area contributed by atoms with Gasteiger partial charge in [0.05, 0.1) is 24.1 Å². The summed E-state index contributed by atoms with van der Waals surface area (Å²) in [6.07, 6.45) is 4.58. The number of para-hydroxylation sites is 1. The summed E-state index contributed by atoms with van der Waals surface area (Å²) < 4.78 is 22.1. The van der Waals surface area contributed by atoms with Crippen LogP contribution in [-0.2, 0) is 6.42 Å². The molecule has 42 heavy (non-hydrogen) atoms. The summed E-state index contributed by atoms with van der Waals surface area (Å²) in [5.41, 5.74) is 5.05. The van der Waals surface area contributed by atoms with Gasteiger partial charge in [0.15, 0.2) is 0 Å². The Labute approximate surface area is 247 Å². The maximum absolute atomic E-state index is 15.0. The van der Waals surface area contributed by atoms with E-state index in [0.29, 0.717) is 54.4 Å². The first-order valence-electron chi connectivity index (χ1n) is 14.7. The van der Waals surface area contributed by atoms with Crippen LogP contribution in [0.25, 0.3) is 16.9 Å². The number of ether oxygens (including phenoxy) is 1. The summed E-state index contributed by atoms with van der Waals surface area (Å²) >= 11 is 0. The fourth-order valence-corrected chi connectivity index (χ4v) is 5.60. The van der Waals surface area contributed by atoms with Crippen LogP contribution in [-0.4, -0.2) is 59.5 Å². The lowest BCUT2D eigenvalue weighted by Gasteiger charge is -2.35. The molecule has 2 heterocycles. The van der Waals surface area contributed by atoms with Gasteiger partial charge < -0.3 is 19.1 Å². The van der Waals surface area contributed by atoms with Crippen molar-refractivity contribution in [2.75, 3.05) is 33.3 Å². The van der Waals surface area contributed by atoms with E-state index < -0.39 is 0 Å². The number of hydrogen-bond acceptors (Lipinski definition) is 3. The second-order valence-electron chi connectivity index (χ2n) is 10.8. The van der Waals surface area contributed by atoms with Gasteiger partial charge in [-0.1, -0.05) is 44.0 Å². The summed E-state index contributed by atoms with van der Waals surface area (Å²) in [6, 6.07) is 23.8. The first-order valence-corrected chi connectivity index (χ1v) is 14.7. The van der Waals surface area contributed by atoms with Gasteiger partial charge in [-0.2, -0.15) is 0 Å².